The number of amides is 1. The Labute approximate surface area is 132 Å². The summed E-state index contributed by atoms with van der Waals surface area (Å²) in [5.41, 5.74) is 0.0187. The van der Waals surface area contributed by atoms with Crippen molar-refractivity contribution >= 4 is 34.7 Å². The number of hydrogen-bond acceptors (Lipinski definition) is 4. The van der Waals surface area contributed by atoms with E-state index in [1.165, 1.54) is 7.11 Å². The van der Waals surface area contributed by atoms with E-state index in [-0.39, 0.29) is 0 Å². The molecule has 0 radical (unpaired) electrons. The van der Waals surface area contributed by atoms with Crippen LogP contribution in [-0.2, 0) is 14.3 Å². The number of carbonyl (C=O) groups excluding carboxylic acids is 2. The maximum atomic E-state index is 11.8. The molecule has 0 fully saturated rings. The van der Waals surface area contributed by atoms with Gasteiger partial charge in [-0.25, -0.2) is 9.59 Å². The molecule has 0 saturated heterocycles. The van der Waals surface area contributed by atoms with Crippen LogP contribution >= 0.6 is 22.6 Å². The SMILES string of the molecule is COC(=O)C(NC(=O)OC(C)(C)C)c1cccc(I)c1. The number of nitrogens with one attached hydrogen (secondary N) is 1. The molecule has 20 heavy (non-hydrogen) atoms. The van der Waals surface area contributed by atoms with Gasteiger partial charge in [-0.05, 0) is 61.1 Å². The maximum absolute atomic E-state index is 11.8. The van der Waals surface area contributed by atoms with Gasteiger partial charge in [0.25, 0.3) is 0 Å². The topological polar surface area (TPSA) is 64.6 Å². The van der Waals surface area contributed by atoms with Crippen LogP contribution < -0.4 is 5.32 Å². The van der Waals surface area contributed by atoms with Gasteiger partial charge in [-0.3, -0.25) is 0 Å². The second-order valence-corrected chi connectivity index (χ2v) is 6.40. The van der Waals surface area contributed by atoms with Crippen LogP contribution in [0.15, 0.2) is 24.3 Å². The second-order valence-electron chi connectivity index (χ2n) is 5.16. The molecule has 0 aromatic heterocycles. The molecule has 1 rings (SSSR count). The molecule has 0 spiro atoms. The van der Waals surface area contributed by atoms with E-state index in [4.69, 9.17) is 9.47 Å². The van der Waals surface area contributed by atoms with Crippen molar-refractivity contribution in [2.45, 2.75) is 32.4 Å². The Balaban J connectivity index is 2.91. The van der Waals surface area contributed by atoms with Crippen LogP contribution in [0.4, 0.5) is 4.79 Å². The van der Waals surface area contributed by atoms with Crippen molar-refractivity contribution in [2.75, 3.05) is 7.11 Å². The molecule has 0 bridgehead atoms. The van der Waals surface area contributed by atoms with Crippen LogP contribution in [0.25, 0.3) is 0 Å². The van der Waals surface area contributed by atoms with E-state index in [1.807, 2.05) is 12.1 Å². The normalized spacial score (nSPS) is 12.4. The van der Waals surface area contributed by atoms with Crippen LogP contribution in [0.5, 0.6) is 0 Å². The average molecular weight is 391 g/mol. The first-order chi connectivity index (χ1) is 9.23. The third kappa shape index (κ3) is 5.36. The fourth-order valence-corrected chi connectivity index (χ4v) is 2.07. The molecule has 6 heteroatoms. The molecule has 5 nitrogen and oxygen atoms in total. The number of methoxy groups -OCH3 is 1. The van der Waals surface area contributed by atoms with E-state index in [1.54, 1.807) is 32.9 Å². The smallest absolute Gasteiger partial charge is 0.408 e. The molecule has 1 N–H and O–H groups in total. The van der Waals surface area contributed by atoms with Crippen LogP contribution in [0.3, 0.4) is 0 Å². The fourth-order valence-electron chi connectivity index (χ4n) is 1.51. The van der Waals surface area contributed by atoms with Gasteiger partial charge >= 0.3 is 12.1 Å². The van der Waals surface area contributed by atoms with Crippen molar-refractivity contribution in [2.24, 2.45) is 0 Å². The summed E-state index contributed by atoms with van der Waals surface area (Å²) >= 11 is 2.13. The van der Waals surface area contributed by atoms with Gasteiger partial charge in [0.15, 0.2) is 6.04 Å². The van der Waals surface area contributed by atoms with Gasteiger partial charge in [-0.15, -0.1) is 0 Å². The Morgan fingerprint density at radius 3 is 2.45 bits per heavy atom. The van der Waals surface area contributed by atoms with Crippen molar-refractivity contribution in [3.8, 4) is 0 Å². The highest BCUT2D eigenvalue weighted by atomic mass is 127. The van der Waals surface area contributed by atoms with E-state index in [9.17, 15) is 9.59 Å². The predicted molar refractivity (Wildman–Crippen MR) is 83.3 cm³/mol. The number of alkyl carbamates (subject to hydrolysis) is 1. The Hall–Kier alpha value is -1.31. The molecule has 1 aromatic carbocycles. The monoisotopic (exact) mass is 391 g/mol. The summed E-state index contributed by atoms with van der Waals surface area (Å²) in [6.07, 6.45) is -0.660. The number of carbonyl (C=O) groups is 2. The molecule has 1 aromatic rings. The van der Waals surface area contributed by atoms with Crippen molar-refractivity contribution in [1.82, 2.24) is 5.32 Å². The molecule has 0 aliphatic heterocycles. The first-order valence-corrected chi connectivity index (χ1v) is 7.13. The molecule has 0 heterocycles. The lowest BCUT2D eigenvalue weighted by Gasteiger charge is -2.22. The zero-order chi connectivity index (χ0) is 15.3. The van der Waals surface area contributed by atoms with Gasteiger partial charge in [-0.2, -0.15) is 0 Å². The first-order valence-electron chi connectivity index (χ1n) is 6.06. The number of hydrogen-bond donors (Lipinski definition) is 1. The Morgan fingerprint density at radius 1 is 1.30 bits per heavy atom. The largest absolute Gasteiger partial charge is 0.467 e. The van der Waals surface area contributed by atoms with E-state index < -0.39 is 23.7 Å². The van der Waals surface area contributed by atoms with Crippen molar-refractivity contribution in [1.29, 1.82) is 0 Å². The summed E-state index contributed by atoms with van der Waals surface area (Å²) < 4.78 is 10.8. The molecular formula is C14H18INO4. The summed E-state index contributed by atoms with van der Waals surface area (Å²) in [7, 11) is 1.28. The van der Waals surface area contributed by atoms with Crippen LogP contribution in [0.1, 0.15) is 32.4 Å². The number of halogens is 1. The quantitative estimate of drug-likeness (QED) is 0.636. The minimum absolute atomic E-state index is 0.544. The van der Waals surface area contributed by atoms with Crippen molar-refractivity contribution < 1.29 is 19.1 Å². The fraction of sp³-hybridized carbons (Fsp3) is 0.429. The van der Waals surface area contributed by atoms with Gasteiger partial charge in [0.2, 0.25) is 0 Å². The van der Waals surface area contributed by atoms with Crippen LogP contribution in [-0.4, -0.2) is 24.8 Å². The molecule has 110 valence electrons. The zero-order valence-corrected chi connectivity index (χ0v) is 14.1. The molecule has 0 saturated carbocycles. The predicted octanol–water partition coefficient (Wildman–Crippen LogP) is 3.03. The van der Waals surface area contributed by atoms with Crippen molar-refractivity contribution in [3.63, 3.8) is 0 Å². The lowest BCUT2D eigenvalue weighted by Crippen LogP contribution is -2.38. The Kier molecular flexibility index (Phi) is 5.79. The van der Waals surface area contributed by atoms with Gasteiger partial charge in [0, 0.05) is 3.57 Å². The van der Waals surface area contributed by atoms with Gasteiger partial charge < -0.3 is 14.8 Å². The van der Waals surface area contributed by atoms with Crippen LogP contribution in [0, 0.1) is 3.57 Å². The molecule has 0 aliphatic rings. The average Bonchev–Trinajstić information content (AvgIpc) is 2.33. The highest BCUT2D eigenvalue weighted by molar-refractivity contribution is 14.1. The second kappa shape index (κ2) is 6.92. The minimum atomic E-state index is -0.885. The Bertz CT molecular complexity index is 496. The van der Waals surface area contributed by atoms with Gasteiger partial charge in [0.05, 0.1) is 7.11 Å². The third-order valence-electron chi connectivity index (χ3n) is 2.28. The van der Waals surface area contributed by atoms with E-state index >= 15 is 0 Å². The number of ether oxygens (including phenoxy) is 2. The molecule has 0 aliphatic carbocycles. The molecular weight excluding hydrogens is 373 g/mol. The molecule has 1 amide bonds. The summed E-state index contributed by atoms with van der Waals surface area (Å²) in [5.74, 6) is -0.544. The van der Waals surface area contributed by atoms with E-state index in [2.05, 4.69) is 27.9 Å². The number of benzene rings is 1. The van der Waals surface area contributed by atoms with Crippen LogP contribution in [0.2, 0.25) is 0 Å². The summed E-state index contributed by atoms with van der Waals surface area (Å²) in [6, 6.07) is 6.38. The zero-order valence-electron chi connectivity index (χ0n) is 11.9. The third-order valence-corrected chi connectivity index (χ3v) is 2.95. The maximum Gasteiger partial charge on any atom is 0.408 e. The standard InChI is InChI=1S/C14H18INO4/c1-14(2,3)20-13(18)16-11(12(17)19-4)9-6-5-7-10(15)8-9/h5-8,11H,1-4H3,(H,16,18). The minimum Gasteiger partial charge on any atom is -0.467 e. The summed E-state index contributed by atoms with van der Waals surface area (Å²) in [6.45, 7) is 5.27. The Morgan fingerprint density at radius 2 is 1.95 bits per heavy atom. The van der Waals surface area contributed by atoms with Gasteiger partial charge in [-0.1, -0.05) is 12.1 Å². The van der Waals surface area contributed by atoms with E-state index in [0.29, 0.717) is 5.56 Å². The number of rotatable bonds is 3. The van der Waals surface area contributed by atoms with Gasteiger partial charge in [0.1, 0.15) is 5.60 Å². The molecule has 1 atom stereocenters. The van der Waals surface area contributed by atoms with E-state index in [0.717, 1.165) is 3.57 Å². The van der Waals surface area contributed by atoms with Crippen molar-refractivity contribution in [3.05, 3.63) is 33.4 Å². The lowest BCUT2D eigenvalue weighted by atomic mass is 10.1. The highest BCUT2D eigenvalue weighted by Gasteiger charge is 2.26. The molecule has 1 unspecified atom stereocenters. The number of esters is 1. The first kappa shape index (κ1) is 16.7. The lowest BCUT2D eigenvalue weighted by molar-refractivity contribution is -0.143. The summed E-state index contributed by atoms with van der Waals surface area (Å²) in [4.78, 5) is 23.6. The highest BCUT2D eigenvalue weighted by Crippen LogP contribution is 2.18. The summed E-state index contributed by atoms with van der Waals surface area (Å²) in [5, 5.41) is 2.53.